The first-order valence-corrected chi connectivity index (χ1v) is 10.6. The van der Waals surface area contributed by atoms with Crippen LogP contribution in [0, 0.1) is 11.6 Å². The number of hydrogen-bond acceptors (Lipinski definition) is 5. The Hall–Kier alpha value is -2.55. The van der Waals surface area contributed by atoms with Crippen LogP contribution in [0.5, 0.6) is 0 Å². The van der Waals surface area contributed by atoms with E-state index in [0.717, 1.165) is 43.2 Å². The highest BCUT2D eigenvalue weighted by atomic mass is 32.1. The van der Waals surface area contributed by atoms with Crippen LogP contribution in [-0.2, 0) is 13.1 Å². The van der Waals surface area contributed by atoms with E-state index in [1.165, 1.54) is 33.0 Å². The Morgan fingerprint density at radius 1 is 1.07 bits per heavy atom. The van der Waals surface area contributed by atoms with Crippen molar-refractivity contribution in [1.82, 2.24) is 14.1 Å². The summed E-state index contributed by atoms with van der Waals surface area (Å²) in [4.78, 5) is 32.7. The zero-order valence-electron chi connectivity index (χ0n) is 16.2. The molecule has 29 heavy (non-hydrogen) atoms. The van der Waals surface area contributed by atoms with Crippen LogP contribution in [0.4, 0.5) is 13.9 Å². The Labute approximate surface area is 170 Å². The lowest BCUT2D eigenvalue weighted by Gasteiger charge is -2.25. The molecule has 0 spiro atoms. The second-order valence-corrected chi connectivity index (χ2v) is 8.25. The molecule has 0 atom stereocenters. The van der Waals surface area contributed by atoms with Gasteiger partial charge in [0, 0.05) is 19.6 Å². The van der Waals surface area contributed by atoms with Crippen molar-refractivity contribution in [3.8, 4) is 0 Å². The van der Waals surface area contributed by atoms with Crippen molar-refractivity contribution in [3.63, 3.8) is 0 Å². The number of thiazole rings is 1. The number of nitrogens with zero attached hydrogens (tertiary/aromatic N) is 4. The Kier molecular flexibility index (Phi) is 5.49. The molecule has 1 aliphatic heterocycles. The zero-order valence-corrected chi connectivity index (χ0v) is 17.0. The van der Waals surface area contributed by atoms with Crippen LogP contribution >= 0.6 is 11.3 Å². The minimum Gasteiger partial charge on any atom is -0.348 e. The molecule has 1 aromatic carbocycles. The summed E-state index contributed by atoms with van der Waals surface area (Å²) in [5.41, 5.74) is -0.0806. The van der Waals surface area contributed by atoms with Crippen LogP contribution in [0.15, 0.2) is 27.8 Å². The molecule has 6 nitrogen and oxygen atoms in total. The maximum absolute atomic E-state index is 13.7. The van der Waals surface area contributed by atoms with Crippen molar-refractivity contribution in [2.75, 3.05) is 18.0 Å². The van der Waals surface area contributed by atoms with E-state index in [9.17, 15) is 18.4 Å². The maximum Gasteiger partial charge on any atom is 0.333 e. The smallest absolute Gasteiger partial charge is 0.333 e. The van der Waals surface area contributed by atoms with Gasteiger partial charge in [0.15, 0.2) is 22.4 Å². The van der Waals surface area contributed by atoms with E-state index in [-0.39, 0.29) is 12.1 Å². The molecule has 1 aliphatic rings. The molecule has 4 rings (SSSR count). The molecule has 0 N–H and O–H groups in total. The Balaban J connectivity index is 1.87. The molecule has 2 aromatic heterocycles. The minimum atomic E-state index is -0.971. The molecule has 1 saturated heterocycles. The normalized spacial score (nSPS) is 14.7. The van der Waals surface area contributed by atoms with Gasteiger partial charge in [-0.1, -0.05) is 24.3 Å². The summed E-state index contributed by atoms with van der Waals surface area (Å²) >= 11 is 1.30. The molecule has 0 radical (unpaired) electrons. The van der Waals surface area contributed by atoms with E-state index in [4.69, 9.17) is 0 Å². The summed E-state index contributed by atoms with van der Waals surface area (Å²) in [6, 6.07) is 3.54. The van der Waals surface area contributed by atoms with E-state index in [2.05, 4.69) is 9.88 Å². The first-order chi connectivity index (χ1) is 14.0. The van der Waals surface area contributed by atoms with E-state index in [1.54, 1.807) is 0 Å². The first-order valence-electron chi connectivity index (χ1n) is 9.82. The summed E-state index contributed by atoms with van der Waals surface area (Å²) < 4.78 is 30.0. The third kappa shape index (κ3) is 3.71. The van der Waals surface area contributed by atoms with Crippen molar-refractivity contribution in [2.24, 2.45) is 0 Å². The highest BCUT2D eigenvalue weighted by molar-refractivity contribution is 7.22. The molecule has 0 bridgehead atoms. The Morgan fingerprint density at radius 3 is 2.52 bits per heavy atom. The molecular formula is C20H22F2N4O2S. The number of halogens is 2. The molecule has 0 aliphatic carbocycles. The van der Waals surface area contributed by atoms with E-state index >= 15 is 0 Å². The topological polar surface area (TPSA) is 60.1 Å². The van der Waals surface area contributed by atoms with Gasteiger partial charge < -0.3 is 4.90 Å². The molecule has 0 amide bonds. The van der Waals surface area contributed by atoms with Crippen LogP contribution in [0.25, 0.3) is 10.3 Å². The van der Waals surface area contributed by atoms with Gasteiger partial charge in [0.05, 0.1) is 6.54 Å². The fourth-order valence-electron chi connectivity index (χ4n) is 3.67. The molecule has 3 aromatic rings. The summed E-state index contributed by atoms with van der Waals surface area (Å²) in [5.74, 6) is -1.91. The van der Waals surface area contributed by atoms with Crippen LogP contribution in [0.3, 0.4) is 0 Å². The van der Waals surface area contributed by atoms with E-state index in [1.807, 2.05) is 6.92 Å². The molecule has 9 heteroatoms. The standard InChI is InChI=1S/C20H22F2N4O2S/c1-2-8-25-18(27)16-17(23-19(29-16)24-9-4-3-5-10-24)26(20(25)28)12-13-6-7-14(21)15(22)11-13/h6-7,11H,2-5,8-10,12H2,1H3. The molecule has 154 valence electrons. The van der Waals surface area contributed by atoms with Crippen molar-refractivity contribution in [2.45, 2.75) is 45.7 Å². The van der Waals surface area contributed by atoms with Crippen molar-refractivity contribution in [1.29, 1.82) is 0 Å². The van der Waals surface area contributed by atoms with Gasteiger partial charge in [-0.05, 0) is 43.4 Å². The monoisotopic (exact) mass is 420 g/mol. The fourth-order valence-corrected chi connectivity index (χ4v) is 4.74. The van der Waals surface area contributed by atoms with Crippen molar-refractivity contribution >= 4 is 26.8 Å². The third-order valence-corrected chi connectivity index (χ3v) is 6.25. The minimum absolute atomic E-state index is 0.0136. The predicted molar refractivity (Wildman–Crippen MR) is 110 cm³/mol. The molecule has 0 saturated carbocycles. The number of piperidine rings is 1. The van der Waals surface area contributed by atoms with Crippen LogP contribution in [-0.4, -0.2) is 27.2 Å². The summed E-state index contributed by atoms with van der Waals surface area (Å²) in [7, 11) is 0. The molecular weight excluding hydrogens is 398 g/mol. The summed E-state index contributed by atoms with van der Waals surface area (Å²) in [6.45, 7) is 3.94. The largest absolute Gasteiger partial charge is 0.348 e. The quantitative estimate of drug-likeness (QED) is 0.635. The van der Waals surface area contributed by atoms with Gasteiger partial charge >= 0.3 is 5.69 Å². The van der Waals surface area contributed by atoms with Gasteiger partial charge in [0.1, 0.15) is 4.70 Å². The Bertz CT molecular complexity index is 1160. The number of aromatic nitrogens is 3. The first kappa shape index (κ1) is 19.8. The second-order valence-electron chi connectivity index (χ2n) is 7.27. The van der Waals surface area contributed by atoms with Crippen LogP contribution in [0.1, 0.15) is 38.2 Å². The molecule has 3 heterocycles. The molecule has 1 fully saturated rings. The summed E-state index contributed by atoms with van der Waals surface area (Å²) in [6.07, 6.45) is 3.93. The molecule has 0 unspecified atom stereocenters. The lowest BCUT2D eigenvalue weighted by Crippen LogP contribution is -2.40. The van der Waals surface area contributed by atoms with Gasteiger partial charge in [-0.2, -0.15) is 0 Å². The average Bonchev–Trinajstić information content (AvgIpc) is 3.17. The van der Waals surface area contributed by atoms with Gasteiger partial charge in [-0.25, -0.2) is 18.6 Å². The number of benzene rings is 1. The summed E-state index contributed by atoms with van der Waals surface area (Å²) in [5, 5.41) is 0.726. The van der Waals surface area contributed by atoms with E-state index in [0.29, 0.717) is 28.9 Å². The average molecular weight is 420 g/mol. The number of rotatable bonds is 5. The number of fused-ring (bicyclic) bond motifs is 1. The van der Waals surface area contributed by atoms with Gasteiger partial charge in [-0.3, -0.25) is 13.9 Å². The number of hydrogen-bond donors (Lipinski definition) is 0. The van der Waals surface area contributed by atoms with E-state index < -0.39 is 17.3 Å². The predicted octanol–water partition coefficient (Wildman–Crippen LogP) is 3.35. The SMILES string of the molecule is CCCn1c(=O)c2sc(N3CCCCC3)nc2n(Cc2ccc(F)c(F)c2)c1=O. The van der Waals surface area contributed by atoms with Crippen LogP contribution in [0.2, 0.25) is 0 Å². The van der Waals surface area contributed by atoms with Crippen molar-refractivity contribution in [3.05, 3.63) is 56.2 Å². The van der Waals surface area contributed by atoms with Gasteiger partial charge in [0.25, 0.3) is 5.56 Å². The lowest BCUT2D eigenvalue weighted by molar-refractivity contribution is 0.505. The number of anilines is 1. The van der Waals surface area contributed by atoms with Gasteiger partial charge in [-0.15, -0.1) is 0 Å². The Morgan fingerprint density at radius 2 is 1.83 bits per heavy atom. The fraction of sp³-hybridized carbons (Fsp3) is 0.450. The van der Waals surface area contributed by atoms with Crippen LogP contribution < -0.4 is 16.1 Å². The zero-order chi connectivity index (χ0) is 20.5. The highest BCUT2D eigenvalue weighted by Crippen LogP contribution is 2.28. The van der Waals surface area contributed by atoms with Crippen molar-refractivity contribution < 1.29 is 8.78 Å². The third-order valence-electron chi connectivity index (χ3n) is 5.15. The van der Waals surface area contributed by atoms with Gasteiger partial charge in [0.2, 0.25) is 0 Å². The second kappa shape index (κ2) is 8.06. The highest BCUT2D eigenvalue weighted by Gasteiger charge is 2.21. The lowest BCUT2D eigenvalue weighted by atomic mass is 10.1. The maximum atomic E-state index is 13.7.